The van der Waals surface area contributed by atoms with Gasteiger partial charge in [-0.2, -0.15) is 0 Å². The molecule has 1 heterocycles. The molecule has 3 N–H and O–H groups in total. The summed E-state index contributed by atoms with van der Waals surface area (Å²) in [4.78, 5) is 37.2. The van der Waals surface area contributed by atoms with E-state index in [2.05, 4.69) is 38.6 Å². The summed E-state index contributed by atoms with van der Waals surface area (Å²) in [6.07, 6.45) is 1.45. The van der Waals surface area contributed by atoms with Gasteiger partial charge in [0.05, 0.1) is 15.6 Å². The molecule has 0 saturated carbocycles. The molecule has 0 aliphatic rings. The maximum Gasteiger partial charge on any atom is 0.328 e. The Morgan fingerprint density at radius 1 is 1.03 bits per heavy atom. The first-order chi connectivity index (χ1) is 14.3. The van der Waals surface area contributed by atoms with Gasteiger partial charge in [0.1, 0.15) is 5.69 Å². The summed E-state index contributed by atoms with van der Waals surface area (Å²) < 4.78 is 2.04. The first kappa shape index (κ1) is 21.9. The van der Waals surface area contributed by atoms with Gasteiger partial charge in [-0.1, -0.05) is 45.2 Å². The summed E-state index contributed by atoms with van der Waals surface area (Å²) in [5.41, 5.74) is 3.52. The van der Waals surface area contributed by atoms with E-state index in [9.17, 15) is 14.4 Å². The summed E-state index contributed by atoms with van der Waals surface area (Å²) in [6, 6.07) is 11.5. The highest BCUT2D eigenvalue weighted by Gasteiger charge is 2.21. The smallest absolute Gasteiger partial charge is 0.328 e. The molecule has 30 heavy (non-hydrogen) atoms. The molecule has 0 saturated heterocycles. The van der Waals surface area contributed by atoms with Crippen LogP contribution in [0.15, 0.2) is 59.6 Å². The van der Waals surface area contributed by atoms with Gasteiger partial charge in [-0.05, 0) is 42.5 Å². The Morgan fingerprint density at radius 2 is 1.80 bits per heavy atom. The average molecular weight is 510 g/mol. The minimum atomic E-state index is -0.930. The molecule has 7 nitrogen and oxygen atoms in total. The predicted octanol–water partition coefficient (Wildman–Crippen LogP) is 4.34. The van der Waals surface area contributed by atoms with Crippen LogP contribution in [0.4, 0.5) is 5.69 Å². The van der Waals surface area contributed by atoms with Crippen LogP contribution in [-0.4, -0.2) is 28.9 Å². The van der Waals surface area contributed by atoms with Crippen molar-refractivity contribution in [3.63, 3.8) is 0 Å². The van der Waals surface area contributed by atoms with Gasteiger partial charge < -0.3 is 10.6 Å². The second-order valence-corrected chi connectivity index (χ2v) is 7.82. The fourth-order valence-corrected chi connectivity index (χ4v) is 3.32. The third-order valence-corrected chi connectivity index (χ3v) is 5.23. The Bertz CT molecular complexity index is 1180. The fourth-order valence-electron chi connectivity index (χ4n) is 2.64. The van der Waals surface area contributed by atoms with E-state index in [1.807, 2.05) is 0 Å². The number of carbonyl (C=O) groups excluding carboxylic acids is 3. The van der Waals surface area contributed by atoms with Crippen molar-refractivity contribution in [3.05, 3.63) is 75.3 Å². The number of hydrogen-bond acceptors (Lipinski definition) is 3. The quantitative estimate of drug-likeness (QED) is 0.353. The van der Waals surface area contributed by atoms with Crippen LogP contribution in [0, 0.1) is 0 Å². The number of carbonyl (C=O) groups is 3. The number of fused-ring (bicyclic) bond motifs is 1. The Labute approximate surface area is 190 Å². The van der Waals surface area contributed by atoms with Crippen LogP contribution in [0.2, 0.25) is 10.0 Å². The average Bonchev–Trinajstić information content (AvgIpc) is 3.06. The van der Waals surface area contributed by atoms with Gasteiger partial charge in [0.15, 0.2) is 0 Å². The molecule has 0 radical (unpaired) electrons. The zero-order chi connectivity index (χ0) is 21.8. The Hall–Kier alpha value is -2.81. The van der Waals surface area contributed by atoms with Gasteiger partial charge in [-0.3, -0.25) is 19.8 Å². The van der Waals surface area contributed by atoms with Crippen molar-refractivity contribution in [1.29, 1.82) is 0 Å². The highest BCUT2D eigenvalue weighted by Crippen LogP contribution is 2.27. The summed E-state index contributed by atoms with van der Waals surface area (Å²) in [5, 5.41) is 6.40. The van der Waals surface area contributed by atoms with E-state index in [1.54, 1.807) is 36.4 Å². The monoisotopic (exact) mass is 508 g/mol. The molecule has 3 rings (SSSR count). The maximum absolute atomic E-state index is 12.9. The van der Waals surface area contributed by atoms with Crippen LogP contribution in [0.5, 0.6) is 0 Å². The number of halogens is 3. The largest absolute Gasteiger partial charge is 0.344 e. The molecule has 0 bridgehead atoms. The summed E-state index contributed by atoms with van der Waals surface area (Å²) >= 11 is 15.3. The molecular weight excluding hydrogens is 495 g/mol. The first-order valence-electron chi connectivity index (χ1n) is 8.57. The summed E-state index contributed by atoms with van der Waals surface area (Å²) in [5.74, 6) is -2.31. The molecule has 3 amide bonds. The lowest BCUT2D eigenvalue weighted by atomic mass is 10.2. The number of nitrogens with zero attached hydrogens (tertiary/aromatic N) is 1. The minimum absolute atomic E-state index is 0.110. The molecule has 0 aliphatic carbocycles. The highest BCUT2D eigenvalue weighted by molar-refractivity contribution is 9.10. The molecule has 0 spiro atoms. The molecule has 0 fully saturated rings. The Kier molecular flexibility index (Phi) is 6.81. The number of hydrogen-bond donors (Lipinski definition) is 3. The highest BCUT2D eigenvalue weighted by atomic mass is 79.9. The van der Waals surface area contributed by atoms with Gasteiger partial charge in [-0.25, -0.2) is 4.68 Å². The lowest BCUT2D eigenvalue weighted by molar-refractivity contribution is -0.136. The van der Waals surface area contributed by atoms with Crippen molar-refractivity contribution >= 4 is 73.4 Å². The number of nitrogens with one attached hydrogen (secondary N) is 3. The number of anilines is 1. The molecule has 2 aromatic carbocycles. The van der Waals surface area contributed by atoms with Crippen molar-refractivity contribution in [2.75, 3.05) is 17.3 Å². The van der Waals surface area contributed by atoms with Crippen LogP contribution in [0.3, 0.4) is 0 Å². The maximum atomic E-state index is 12.9. The summed E-state index contributed by atoms with van der Waals surface area (Å²) in [7, 11) is 0. The van der Waals surface area contributed by atoms with E-state index < -0.39 is 17.7 Å². The molecule has 0 aliphatic heterocycles. The number of amides is 3. The van der Waals surface area contributed by atoms with Crippen LogP contribution in [0.1, 0.15) is 10.5 Å². The molecule has 0 atom stereocenters. The molecule has 1 aromatic heterocycles. The standard InChI is InChI=1S/C20H15BrCl2N4O3/c1-2-7-24-19(29)20(30)26-27-16-6-3-12(21)8-11(16)9-17(27)18(28)25-13-4-5-14(22)15(23)10-13/h2-6,8-10H,1,7H2,(H,24,29)(H,25,28)(H,26,30). The lowest BCUT2D eigenvalue weighted by Gasteiger charge is -2.12. The molecule has 154 valence electrons. The van der Waals surface area contributed by atoms with E-state index in [4.69, 9.17) is 23.2 Å². The third-order valence-electron chi connectivity index (χ3n) is 4.00. The first-order valence-corrected chi connectivity index (χ1v) is 10.1. The van der Waals surface area contributed by atoms with Crippen LogP contribution in [0.25, 0.3) is 10.9 Å². The van der Waals surface area contributed by atoms with Crippen molar-refractivity contribution in [1.82, 2.24) is 9.99 Å². The van der Waals surface area contributed by atoms with E-state index in [-0.39, 0.29) is 17.3 Å². The minimum Gasteiger partial charge on any atom is -0.344 e. The molecule has 3 aromatic rings. The van der Waals surface area contributed by atoms with Gasteiger partial charge in [0.25, 0.3) is 5.91 Å². The fraction of sp³-hybridized carbons (Fsp3) is 0.0500. The van der Waals surface area contributed by atoms with E-state index in [0.29, 0.717) is 21.6 Å². The SMILES string of the molecule is C=CCNC(=O)C(=O)Nn1c(C(=O)Nc2ccc(Cl)c(Cl)c2)cc2cc(Br)ccc21. The van der Waals surface area contributed by atoms with Crippen molar-refractivity contribution < 1.29 is 14.4 Å². The third kappa shape index (κ3) is 4.84. The molecular formula is C20H15BrCl2N4O3. The van der Waals surface area contributed by atoms with Crippen molar-refractivity contribution in [2.45, 2.75) is 0 Å². The van der Waals surface area contributed by atoms with Crippen molar-refractivity contribution in [3.8, 4) is 0 Å². The molecule has 0 unspecified atom stereocenters. The topological polar surface area (TPSA) is 92.2 Å². The Balaban J connectivity index is 1.96. The predicted molar refractivity (Wildman–Crippen MR) is 122 cm³/mol. The zero-order valence-electron chi connectivity index (χ0n) is 15.3. The van der Waals surface area contributed by atoms with Crippen molar-refractivity contribution in [2.24, 2.45) is 0 Å². The van der Waals surface area contributed by atoms with Crippen LogP contribution >= 0.6 is 39.1 Å². The van der Waals surface area contributed by atoms with Gasteiger partial charge in [0.2, 0.25) is 0 Å². The second kappa shape index (κ2) is 9.34. The summed E-state index contributed by atoms with van der Waals surface area (Å²) in [6.45, 7) is 3.61. The lowest BCUT2D eigenvalue weighted by Crippen LogP contribution is -2.39. The van der Waals surface area contributed by atoms with Crippen LogP contribution < -0.4 is 16.1 Å². The zero-order valence-corrected chi connectivity index (χ0v) is 18.4. The van der Waals surface area contributed by atoms with E-state index in [1.165, 1.54) is 16.8 Å². The van der Waals surface area contributed by atoms with Crippen LogP contribution in [-0.2, 0) is 9.59 Å². The number of aromatic nitrogens is 1. The molecule has 10 heteroatoms. The van der Waals surface area contributed by atoms with E-state index >= 15 is 0 Å². The number of rotatable bonds is 5. The van der Waals surface area contributed by atoms with E-state index in [0.717, 1.165) is 4.47 Å². The second-order valence-electron chi connectivity index (χ2n) is 6.09. The van der Waals surface area contributed by atoms with Gasteiger partial charge in [0, 0.05) is 22.1 Å². The number of benzene rings is 2. The Morgan fingerprint density at radius 3 is 2.50 bits per heavy atom. The van der Waals surface area contributed by atoms with Gasteiger partial charge in [-0.15, -0.1) is 6.58 Å². The normalized spacial score (nSPS) is 10.5. The van der Waals surface area contributed by atoms with Gasteiger partial charge >= 0.3 is 11.8 Å².